The van der Waals surface area contributed by atoms with Crippen LogP contribution in [-0.2, 0) is 0 Å². The van der Waals surface area contributed by atoms with Crippen molar-refractivity contribution in [2.75, 3.05) is 6.61 Å². The topological polar surface area (TPSA) is 52.5 Å². The molecule has 2 atom stereocenters. The van der Waals surface area contributed by atoms with Crippen molar-refractivity contribution in [1.29, 1.82) is 0 Å². The highest BCUT2D eigenvalue weighted by atomic mass is 16.3. The zero-order chi connectivity index (χ0) is 18.6. The van der Waals surface area contributed by atoms with E-state index in [2.05, 4.69) is 36.2 Å². The van der Waals surface area contributed by atoms with E-state index in [9.17, 15) is 10.2 Å². The number of unbranched alkanes of at least 4 members (excludes halogenated alkanes) is 3. The van der Waals surface area contributed by atoms with Gasteiger partial charge in [0.25, 0.3) is 0 Å². The minimum absolute atomic E-state index is 0.0169. The summed E-state index contributed by atoms with van der Waals surface area (Å²) < 4.78 is 0. The maximum absolute atomic E-state index is 10.3. The highest BCUT2D eigenvalue weighted by molar-refractivity contribution is 5.31. The average Bonchev–Trinajstić information content (AvgIpc) is 2.71. The van der Waals surface area contributed by atoms with Crippen molar-refractivity contribution in [3.63, 3.8) is 0 Å². The van der Waals surface area contributed by atoms with Gasteiger partial charge in [0.1, 0.15) is 0 Å². The molecule has 26 heavy (non-hydrogen) atoms. The lowest BCUT2D eigenvalue weighted by Crippen LogP contribution is -2.44. The molecule has 3 heteroatoms. The Hall–Kier alpha value is -1.94. The van der Waals surface area contributed by atoms with Crippen LogP contribution in [0.5, 0.6) is 0 Å². The van der Waals surface area contributed by atoms with Crippen LogP contribution in [0.25, 0.3) is 0 Å². The fourth-order valence-electron chi connectivity index (χ4n) is 3.23. The van der Waals surface area contributed by atoms with E-state index in [0.717, 1.165) is 43.2 Å². The molecular weight excluding hydrogens is 322 g/mol. The number of aliphatic hydroxyl groups excluding tert-OH is 2. The van der Waals surface area contributed by atoms with Gasteiger partial charge in [-0.1, -0.05) is 79.6 Å². The SMILES string of the molecule is C=CCCCCC[C@H](NC(c1ccccc1)c1ccccc1)[C@H](O)CO. The summed E-state index contributed by atoms with van der Waals surface area (Å²) in [6.07, 6.45) is 6.25. The molecule has 2 rings (SSSR count). The Kier molecular flexibility index (Phi) is 9.11. The van der Waals surface area contributed by atoms with Crippen LogP contribution in [0.2, 0.25) is 0 Å². The van der Waals surface area contributed by atoms with Crippen molar-refractivity contribution in [3.05, 3.63) is 84.4 Å². The largest absolute Gasteiger partial charge is 0.394 e. The molecule has 0 saturated heterocycles. The van der Waals surface area contributed by atoms with Gasteiger partial charge in [0.2, 0.25) is 0 Å². The highest BCUT2D eigenvalue weighted by Crippen LogP contribution is 2.24. The van der Waals surface area contributed by atoms with Crippen LogP contribution in [0.1, 0.15) is 49.3 Å². The Morgan fingerprint density at radius 1 is 0.885 bits per heavy atom. The first-order valence-corrected chi connectivity index (χ1v) is 9.52. The molecule has 0 fully saturated rings. The number of benzene rings is 2. The van der Waals surface area contributed by atoms with Gasteiger partial charge in [-0.2, -0.15) is 0 Å². The molecule has 0 aliphatic rings. The third kappa shape index (κ3) is 6.41. The van der Waals surface area contributed by atoms with Crippen molar-refractivity contribution in [2.45, 2.75) is 50.3 Å². The molecule has 0 unspecified atom stereocenters. The first-order valence-electron chi connectivity index (χ1n) is 9.52. The Balaban J connectivity index is 2.12. The first kappa shape index (κ1) is 20.4. The maximum atomic E-state index is 10.3. The summed E-state index contributed by atoms with van der Waals surface area (Å²) in [6, 6.07) is 20.3. The molecule has 0 aromatic heterocycles. The van der Waals surface area contributed by atoms with Crippen molar-refractivity contribution in [3.8, 4) is 0 Å². The second kappa shape index (κ2) is 11.6. The van der Waals surface area contributed by atoms with E-state index in [1.165, 1.54) is 0 Å². The molecule has 0 heterocycles. The number of rotatable bonds is 12. The Morgan fingerprint density at radius 2 is 1.46 bits per heavy atom. The van der Waals surface area contributed by atoms with Crippen molar-refractivity contribution in [2.24, 2.45) is 0 Å². The van der Waals surface area contributed by atoms with E-state index in [0.29, 0.717) is 0 Å². The summed E-state index contributed by atoms with van der Waals surface area (Å²) in [7, 11) is 0. The molecule has 0 spiro atoms. The van der Waals surface area contributed by atoms with E-state index >= 15 is 0 Å². The zero-order valence-electron chi connectivity index (χ0n) is 15.4. The van der Waals surface area contributed by atoms with Crippen LogP contribution >= 0.6 is 0 Å². The highest BCUT2D eigenvalue weighted by Gasteiger charge is 2.23. The molecule has 2 aromatic rings. The Morgan fingerprint density at radius 3 is 1.96 bits per heavy atom. The van der Waals surface area contributed by atoms with Gasteiger partial charge in [-0.05, 0) is 30.4 Å². The number of hydrogen-bond donors (Lipinski definition) is 3. The molecule has 0 amide bonds. The summed E-state index contributed by atoms with van der Waals surface area (Å²) in [5.74, 6) is 0. The van der Waals surface area contributed by atoms with Crippen LogP contribution in [0.3, 0.4) is 0 Å². The second-order valence-electron chi connectivity index (χ2n) is 6.70. The summed E-state index contributed by atoms with van der Waals surface area (Å²) in [4.78, 5) is 0. The van der Waals surface area contributed by atoms with Gasteiger partial charge in [-0.15, -0.1) is 6.58 Å². The van der Waals surface area contributed by atoms with Gasteiger partial charge in [-0.25, -0.2) is 0 Å². The number of nitrogens with one attached hydrogen (secondary N) is 1. The van der Waals surface area contributed by atoms with E-state index < -0.39 is 6.10 Å². The lowest BCUT2D eigenvalue weighted by Gasteiger charge is -2.29. The van der Waals surface area contributed by atoms with Gasteiger partial charge in [0, 0.05) is 6.04 Å². The van der Waals surface area contributed by atoms with Crippen LogP contribution in [-0.4, -0.2) is 29.0 Å². The molecule has 0 bridgehead atoms. The van der Waals surface area contributed by atoms with Gasteiger partial charge < -0.3 is 15.5 Å². The standard InChI is InChI=1S/C23H31NO2/c1-2-3-4-5-12-17-21(22(26)18-25)24-23(19-13-8-6-9-14-19)20-15-10-7-11-16-20/h2,6-11,13-16,21-26H,1,3-5,12,17-18H2/t21-,22+/m0/s1. The van der Waals surface area contributed by atoms with Crippen molar-refractivity contribution < 1.29 is 10.2 Å². The Labute approximate surface area is 157 Å². The number of aliphatic hydroxyl groups is 2. The summed E-state index contributed by atoms with van der Waals surface area (Å²) in [6.45, 7) is 3.52. The number of hydrogen-bond acceptors (Lipinski definition) is 3. The smallest absolute Gasteiger partial charge is 0.0923 e. The number of allylic oxidation sites excluding steroid dienone is 1. The maximum Gasteiger partial charge on any atom is 0.0923 e. The minimum Gasteiger partial charge on any atom is -0.394 e. The minimum atomic E-state index is -0.774. The van der Waals surface area contributed by atoms with E-state index in [1.54, 1.807) is 0 Å². The van der Waals surface area contributed by atoms with Gasteiger partial charge in [0.15, 0.2) is 0 Å². The van der Waals surface area contributed by atoms with Crippen LogP contribution < -0.4 is 5.32 Å². The summed E-state index contributed by atoms with van der Waals surface area (Å²) >= 11 is 0. The quantitative estimate of drug-likeness (QED) is 0.395. The summed E-state index contributed by atoms with van der Waals surface area (Å²) in [5.41, 5.74) is 2.31. The molecule has 0 aliphatic heterocycles. The normalized spacial score (nSPS) is 13.5. The predicted octanol–water partition coefficient (Wildman–Crippen LogP) is 4.22. The predicted molar refractivity (Wildman–Crippen MR) is 108 cm³/mol. The monoisotopic (exact) mass is 353 g/mol. The van der Waals surface area contributed by atoms with E-state index in [1.807, 2.05) is 42.5 Å². The second-order valence-corrected chi connectivity index (χ2v) is 6.70. The van der Waals surface area contributed by atoms with Gasteiger partial charge >= 0.3 is 0 Å². The fourth-order valence-corrected chi connectivity index (χ4v) is 3.23. The van der Waals surface area contributed by atoms with Crippen LogP contribution in [0.15, 0.2) is 73.3 Å². The van der Waals surface area contributed by atoms with Gasteiger partial charge in [-0.3, -0.25) is 0 Å². The summed E-state index contributed by atoms with van der Waals surface area (Å²) in [5, 5.41) is 23.4. The molecule has 0 radical (unpaired) electrons. The zero-order valence-corrected chi connectivity index (χ0v) is 15.4. The van der Waals surface area contributed by atoms with Crippen LogP contribution in [0, 0.1) is 0 Å². The fraction of sp³-hybridized carbons (Fsp3) is 0.391. The molecule has 140 valence electrons. The molecular formula is C23H31NO2. The van der Waals surface area contributed by atoms with E-state index in [-0.39, 0.29) is 18.7 Å². The lowest BCUT2D eigenvalue weighted by molar-refractivity contribution is 0.0565. The molecule has 0 aliphatic carbocycles. The first-order chi connectivity index (χ1) is 12.8. The molecule has 3 nitrogen and oxygen atoms in total. The van der Waals surface area contributed by atoms with Gasteiger partial charge in [0.05, 0.1) is 18.8 Å². The van der Waals surface area contributed by atoms with E-state index in [4.69, 9.17) is 0 Å². The van der Waals surface area contributed by atoms with Crippen LogP contribution in [0.4, 0.5) is 0 Å². The molecule has 0 saturated carbocycles. The lowest BCUT2D eigenvalue weighted by atomic mass is 9.95. The van der Waals surface area contributed by atoms with Crippen molar-refractivity contribution in [1.82, 2.24) is 5.32 Å². The third-order valence-electron chi connectivity index (χ3n) is 4.72. The Bertz CT molecular complexity index is 575. The average molecular weight is 354 g/mol. The van der Waals surface area contributed by atoms with Crippen molar-refractivity contribution >= 4 is 0 Å². The third-order valence-corrected chi connectivity index (χ3v) is 4.72. The molecule has 3 N–H and O–H groups in total. The molecule has 2 aromatic carbocycles.